The van der Waals surface area contributed by atoms with E-state index in [9.17, 15) is 9.90 Å². The summed E-state index contributed by atoms with van der Waals surface area (Å²) in [5.41, 5.74) is 3.28. The van der Waals surface area contributed by atoms with E-state index in [1.807, 2.05) is 18.3 Å². The van der Waals surface area contributed by atoms with Crippen molar-refractivity contribution in [2.75, 3.05) is 13.7 Å². The first kappa shape index (κ1) is 23.1. The van der Waals surface area contributed by atoms with E-state index in [4.69, 9.17) is 4.74 Å². The van der Waals surface area contributed by atoms with E-state index >= 15 is 0 Å². The maximum absolute atomic E-state index is 11.8. The third-order valence-electron chi connectivity index (χ3n) is 5.88. The predicted molar refractivity (Wildman–Crippen MR) is 123 cm³/mol. The van der Waals surface area contributed by atoms with E-state index in [1.54, 1.807) is 18.2 Å². The molecule has 0 unspecified atom stereocenters. The van der Waals surface area contributed by atoms with E-state index in [0.29, 0.717) is 12.6 Å². The maximum atomic E-state index is 11.8. The summed E-state index contributed by atoms with van der Waals surface area (Å²) in [5.74, 6) is 0.871. The summed E-state index contributed by atoms with van der Waals surface area (Å²) in [6.07, 6.45) is 6.58. The molecule has 1 aliphatic rings. The van der Waals surface area contributed by atoms with Crippen molar-refractivity contribution >= 4 is 6.09 Å². The molecule has 2 aromatic rings. The fourth-order valence-electron chi connectivity index (χ4n) is 4.34. The van der Waals surface area contributed by atoms with E-state index in [-0.39, 0.29) is 11.5 Å². The molecule has 1 heterocycles. The maximum Gasteiger partial charge on any atom is 0.407 e. The van der Waals surface area contributed by atoms with Crippen molar-refractivity contribution in [3.05, 3.63) is 48.3 Å². The van der Waals surface area contributed by atoms with Crippen molar-refractivity contribution in [1.82, 2.24) is 15.2 Å². The average Bonchev–Trinajstić information content (AvgIpc) is 2.76. The molecule has 1 saturated carbocycles. The molecular formula is C25H35N3O3. The van der Waals surface area contributed by atoms with Gasteiger partial charge >= 0.3 is 6.09 Å². The molecule has 2 N–H and O–H groups in total. The van der Waals surface area contributed by atoms with Gasteiger partial charge in [0.15, 0.2) is 0 Å². The molecule has 1 amide bonds. The number of pyridine rings is 1. The molecular weight excluding hydrogens is 390 g/mol. The lowest BCUT2D eigenvalue weighted by Crippen LogP contribution is -2.47. The molecule has 3 rings (SSSR count). The van der Waals surface area contributed by atoms with Gasteiger partial charge in [-0.2, -0.15) is 0 Å². The molecule has 6 heteroatoms. The van der Waals surface area contributed by atoms with Crippen LogP contribution in [0.5, 0.6) is 5.75 Å². The minimum atomic E-state index is -0.803. The third kappa shape index (κ3) is 6.44. The van der Waals surface area contributed by atoms with Gasteiger partial charge in [0, 0.05) is 48.7 Å². The fraction of sp³-hybridized carbons (Fsp3) is 0.520. The van der Waals surface area contributed by atoms with Gasteiger partial charge in [0.2, 0.25) is 0 Å². The second-order valence-corrected chi connectivity index (χ2v) is 9.63. The highest BCUT2D eigenvalue weighted by Gasteiger charge is 2.31. The highest BCUT2D eigenvalue weighted by Crippen LogP contribution is 2.29. The summed E-state index contributed by atoms with van der Waals surface area (Å²) < 4.78 is 5.57. The number of rotatable bonds is 7. The summed E-state index contributed by atoms with van der Waals surface area (Å²) in [7, 11) is 1.70. The molecule has 1 fully saturated rings. The normalized spacial score (nSPS) is 19.1. The lowest BCUT2D eigenvalue weighted by atomic mass is 9.88. The number of hydrogen-bond donors (Lipinski definition) is 2. The first-order valence-corrected chi connectivity index (χ1v) is 11.1. The van der Waals surface area contributed by atoms with Crippen LogP contribution >= 0.6 is 0 Å². The van der Waals surface area contributed by atoms with Gasteiger partial charge in [-0.25, -0.2) is 4.79 Å². The Bertz CT molecular complexity index is 856. The van der Waals surface area contributed by atoms with Gasteiger partial charge in [0.05, 0.1) is 7.11 Å². The second kappa shape index (κ2) is 10.1. The second-order valence-electron chi connectivity index (χ2n) is 9.63. The Morgan fingerprint density at radius 3 is 2.52 bits per heavy atom. The number of nitrogens with one attached hydrogen (secondary N) is 1. The molecule has 6 nitrogen and oxygen atoms in total. The molecule has 0 aliphatic heterocycles. The van der Waals surface area contributed by atoms with Gasteiger partial charge in [0.1, 0.15) is 5.75 Å². The monoisotopic (exact) mass is 425 g/mol. The topological polar surface area (TPSA) is 74.7 Å². The highest BCUT2D eigenvalue weighted by molar-refractivity contribution is 5.65. The number of aromatic nitrogens is 1. The summed E-state index contributed by atoms with van der Waals surface area (Å²) in [6.45, 7) is 7.55. The van der Waals surface area contributed by atoms with E-state index in [2.05, 4.69) is 49.3 Å². The number of methoxy groups -OCH3 is 1. The molecule has 1 aromatic heterocycles. The molecule has 0 radical (unpaired) electrons. The van der Waals surface area contributed by atoms with E-state index in [0.717, 1.165) is 54.7 Å². The molecule has 1 aromatic carbocycles. The van der Waals surface area contributed by atoms with Crippen LogP contribution in [0.15, 0.2) is 42.7 Å². The Balaban J connectivity index is 1.60. The number of nitrogens with zero attached hydrogens (tertiary/aromatic N) is 2. The molecule has 0 bridgehead atoms. The number of carboxylic acid groups (broad SMARTS) is 1. The quantitative estimate of drug-likeness (QED) is 0.639. The van der Waals surface area contributed by atoms with Crippen molar-refractivity contribution < 1.29 is 14.6 Å². The van der Waals surface area contributed by atoms with Crippen LogP contribution in [0.25, 0.3) is 11.1 Å². The zero-order valence-electron chi connectivity index (χ0n) is 19.1. The Labute approximate surface area is 185 Å². The van der Waals surface area contributed by atoms with Crippen molar-refractivity contribution in [3.63, 3.8) is 0 Å². The highest BCUT2D eigenvalue weighted by atomic mass is 16.5. The van der Waals surface area contributed by atoms with Crippen molar-refractivity contribution in [1.29, 1.82) is 0 Å². The number of ether oxygens (including phenoxy) is 1. The van der Waals surface area contributed by atoms with Gasteiger partial charge in [-0.1, -0.05) is 32.9 Å². The van der Waals surface area contributed by atoms with Crippen LogP contribution in [-0.2, 0) is 6.54 Å². The van der Waals surface area contributed by atoms with Crippen LogP contribution in [0.4, 0.5) is 4.79 Å². The number of carbonyl (C=O) groups is 1. The summed E-state index contributed by atoms with van der Waals surface area (Å²) >= 11 is 0. The van der Waals surface area contributed by atoms with Crippen molar-refractivity contribution in [2.24, 2.45) is 5.41 Å². The van der Waals surface area contributed by atoms with Crippen molar-refractivity contribution in [2.45, 2.75) is 65.1 Å². The summed E-state index contributed by atoms with van der Waals surface area (Å²) in [5, 5.41) is 13.3. The Morgan fingerprint density at radius 1 is 1.19 bits per heavy atom. The van der Waals surface area contributed by atoms with Gasteiger partial charge < -0.3 is 20.1 Å². The fourth-order valence-corrected chi connectivity index (χ4v) is 4.34. The van der Waals surface area contributed by atoms with Gasteiger partial charge in [-0.15, -0.1) is 0 Å². The molecule has 31 heavy (non-hydrogen) atoms. The third-order valence-corrected chi connectivity index (χ3v) is 5.88. The standard InChI is InChI=1S/C25H35N3O3/c1-25(2,3)17-28(24(29)30)22-10-8-21(9-11-22)27-16-20-14-18(7-12-23(20)31-4)19-6-5-13-26-15-19/h5-7,12-15,21-22,27H,8-11,16-17H2,1-4H3,(H,29,30). The largest absolute Gasteiger partial charge is 0.496 e. The summed E-state index contributed by atoms with van der Waals surface area (Å²) in [6, 6.07) is 10.7. The SMILES string of the molecule is COc1ccc(-c2cccnc2)cc1CNC1CCC(N(CC(C)(C)C)C(=O)O)CC1. The average molecular weight is 426 g/mol. The van der Waals surface area contributed by atoms with Gasteiger partial charge in [0.25, 0.3) is 0 Å². The van der Waals surface area contributed by atoms with Crippen LogP contribution < -0.4 is 10.1 Å². The minimum absolute atomic E-state index is 0.0384. The lowest BCUT2D eigenvalue weighted by Gasteiger charge is -2.38. The Kier molecular flexibility index (Phi) is 7.55. The number of amides is 1. The van der Waals surface area contributed by atoms with Crippen LogP contribution in [0, 0.1) is 5.41 Å². The van der Waals surface area contributed by atoms with Crippen LogP contribution in [0.3, 0.4) is 0 Å². The molecule has 1 aliphatic carbocycles. The number of benzene rings is 1. The van der Waals surface area contributed by atoms with E-state index < -0.39 is 6.09 Å². The van der Waals surface area contributed by atoms with Crippen LogP contribution in [0.1, 0.15) is 52.0 Å². The molecule has 0 spiro atoms. The molecule has 0 saturated heterocycles. The smallest absolute Gasteiger partial charge is 0.407 e. The Hall–Kier alpha value is -2.60. The first-order chi connectivity index (χ1) is 14.8. The number of hydrogen-bond acceptors (Lipinski definition) is 4. The van der Waals surface area contributed by atoms with Gasteiger partial charge in [-0.3, -0.25) is 4.98 Å². The van der Waals surface area contributed by atoms with Crippen LogP contribution in [-0.4, -0.2) is 46.8 Å². The van der Waals surface area contributed by atoms with Gasteiger partial charge in [-0.05, 0) is 54.9 Å². The summed E-state index contributed by atoms with van der Waals surface area (Å²) in [4.78, 5) is 17.6. The zero-order chi connectivity index (χ0) is 22.4. The lowest BCUT2D eigenvalue weighted by molar-refractivity contribution is 0.0847. The Morgan fingerprint density at radius 2 is 1.94 bits per heavy atom. The van der Waals surface area contributed by atoms with Crippen molar-refractivity contribution in [3.8, 4) is 16.9 Å². The molecule has 0 atom stereocenters. The predicted octanol–water partition coefficient (Wildman–Crippen LogP) is 5.18. The zero-order valence-corrected chi connectivity index (χ0v) is 19.1. The van der Waals surface area contributed by atoms with Crippen LogP contribution in [0.2, 0.25) is 0 Å². The minimum Gasteiger partial charge on any atom is -0.496 e. The molecule has 168 valence electrons. The van der Waals surface area contributed by atoms with E-state index in [1.165, 1.54) is 0 Å². The first-order valence-electron chi connectivity index (χ1n) is 11.1.